The molecule has 0 aliphatic heterocycles. The number of hydrogen-bond donors (Lipinski definition) is 2. The molecule has 0 aliphatic rings. The zero-order valence-corrected chi connectivity index (χ0v) is 10.4. The van der Waals surface area contributed by atoms with E-state index in [4.69, 9.17) is 0 Å². The van der Waals surface area contributed by atoms with E-state index in [-0.39, 0.29) is 10.8 Å². The molecule has 0 aliphatic carbocycles. The molecule has 0 saturated carbocycles. The van der Waals surface area contributed by atoms with Gasteiger partial charge in [-0.15, -0.1) is 0 Å². The van der Waals surface area contributed by atoms with Crippen LogP contribution in [-0.4, -0.2) is 28.4 Å². The number of benzene rings is 1. The Morgan fingerprint density at radius 2 is 1.76 bits per heavy atom. The highest BCUT2D eigenvalue weighted by Crippen LogP contribution is 2.10. The first-order valence-corrected chi connectivity index (χ1v) is 6.41. The van der Waals surface area contributed by atoms with Crippen LogP contribution in [0.15, 0.2) is 35.2 Å². The maximum atomic E-state index is 11.4. The van der Waals surface area contributed by atoms with Crippen molar-refractivity contribution in [3.8, 4) is 0 Å². The van der Waals surface area contributed by atoms with Crippen molar-refractivity contribution in [1.82, 2.24) is 10.0 Å². The molecule has 0 atom stereocenters. The maximum absolute atomic E-state index is 11.4. The molecule has 2 N–H and O–H groups in total. The van der Waals surface area contributed by atoms with Gasteiger partial charge >= 0.3 is 0 Å². The van der Waals surface area contributed by atoms with Crippen molar-refractivity contribution in [3.63, 3.8) is 0 Å². The zero-order valence-electron chi connectivity index (χ0n) is 9.60. The van der Waals surface area contributed by atoms with Crippen LogP contribution in [0, 0.1) is 0 Å². The molecule has 0 bridgehead atoms. The smallest absolute Gasteiger partial charge is 0.243 e. The third kappa shape index (κ3) is 3.69. The lowest BCUT2D eigenvalue weighted by atomic mass is 10.2. The van der Waals surface area contributed by atoms with Gasteiger partial charge in [0.05, 0.1) is 4.90 Å². The van der Waals surface area contributed by atoms with Gasteiger partial charge in [0.15, 0.2) is 0 Å². The molecule has 1 aromatic carbocycles. The molecule has 0 fully saturated rings. The van der Waals surface area contributed by atoms with E-state index < -0.39 is 10.0 Å². The summed E-state index contributed by atoms with van der Waals surface area (Å²) in [5.74, 6) is -0.211. The molecule has 0 spiro atoms. The minimum atomic E-state index is -3.40. The molecule has 6 heteroatoms. The van der Waals surface area contributed by atoms with Crippen molar-refractivity contribution in [2.75, 3.05) is 14.1 Å². The Hall–Kier alpha value is -1.66. The van der Waals surface area contributed by atoms with Crippen LogP contribution in [0.4, 0.5) is 0 Å². The van der Waals surface area contributed by atoms with E-state index in [1.807, 2.05) is 0 Å². The first-order valence-electron chi connectivity index (χ1n) is 4.93. The number of carbonyl (C=O) groups excluding carboxylic acids is 1. The lowest BCUT2D eigenvalue weighted by Crippen LogP contribution is -2.18. The van der Waals surface area contributed by atoms with Crippen molar-refractivity contribution in [2.45, 2.75) is 4.90 Å². The Kier molecular flexibility index (Phi) is 4.42. The molecular formula is C11H14N2O3S. The molecule has 0 radical (unpaired) electrons. The fraction of sp³-hybridized carbons (Fsp3) is 0.182. The van der Waals surface area contributed by atoms with Crippen LogP contribution in [0.3, 0.4) is 0 Å². The van der Waals surface area contributed by atoms with E-state index in [0.717, 1.165) is 5.56 Å². The zero-order chi connectivity index (χ0) is 12.9. The van der Waals surface area contributed by atoms with Gasteiger partial charge in [-0.3, -0.25) is 4.79 Å². The lowest BCUT2D eigenvalue weighted by molar-refractivity contribution is -0.115. The SMILES string of the molecule is CNC(=O)/C=C/c1ccc(S(=O)(=O)NC)cc1. The van der Waals surface area contributed by atoms with Crippen molar-refractivity contribution >= 4 is 22.0 Å². The van der Waals surface area contributed by atoms with Crippen LogP contribution in [0.1, 0.15) is 5.56 Å². The summed E-state index contributed by atoms with van der Waals surface area (Å²) in [7, 11) is -0.511. The summed E-state index contributed by atoms with van der Waals surface area (Å²) in [4.78, 5) is 11.1. The predicted molar refractivity (Wildman–Crippen MR) is 65.8 cm³/mol. The third-order valence-electron chi connectivity index (χ3n) is 2.13. The largest absolute Gasteiger partial charge is 0.356 e. The van der Waals surface area contributed by atoms with Crippen LogP contribution < -0.4 is 10.0 Å². The fourth-order valence-corrected chi connectivity index (χ4v) is 1.86. The minimum Gasteiger partial charge on any atom is -0.356 e. The Labute approximate surface area is 101 Å². The summed E-state index contributed by atoms with van der Waals surface area (Å²) in [5.41, 5.74) is 0.753. The van der Waals surface area contributed by atoms with Gasteiger partial charge in [-0.2, -0.15) is 0 Å². The van der Waals surface area contributed by atoms with Gasteiger partial charge in [0.25, 0.3) is 0 Å². The van der Waals surface area contributed by atoms with Crippen LogP contribution in [0.25, 0.3) is 6.08 Å². The molecule has 17 heavy (non-hydrogen) atoms. The van der Waals surface area contributed by atoms with E-state index >= 15 is 0 Å². The van der Waals surface area contributed by atoms with Crippen molar-refractivity contribution in [3.05, 3.63) is 35.9 Å². The number of likely N-dealkylation sites (N-methyl/N-ethyl adjacent to an activating group) is 1. The van der Waals surface area contributed by atoms with Crippen molar-refractivity contribution < 1.29 is 13.2 Å². The molecule has 1 rings (SSSR count). The number of amides is 1. The first-order chi connectivity index (χ1) is 7.99. The molecule has 92 valence electrons. The van der Waals surface area contributed by atoms with Gasteiger partial charge in [0, 0.05) is 13.1 Å². The van der Waals surface area contributed by atoms with Gasteiger partial charge in [-0.25, -0.2) is 13.1 Å². The molecule has 0 saturated heterocycles. The molecule has 0 heterocycles. The molecule has 5 nitrogen and oxygen atoms in total. The van der Waals surface area contributed by atoms with E-state index in [1.54, 1.807) is 18.2 Å². The summed E-state index contributed by atoms with van der Waals surface area (Å²) in [6.07, 6.45) is 2.98. The van der Waals surface area contributed by atoms with Crippen LogP contribution in [0.2, 0.25) is 0 Å². The Morgan fingerprint density at radius 1 is 1.18 bits per heavy atom. The predicted octanol–water partition coefficient (Wildman–Crippen LogP) is 0.354. The number of sulfonamides is 1. The number of carbonyl (C=O) groups is 1. The molecule has 1 aromatic rings. The van der Waals surface area contributed by atoms with Crippen molar-refractivity contribution in [2.24, 2.45) is 0 Å². The van der Waals surface area contributed by atoms with E-state index in [0.29, 0.717) is 0 Å². The van der Waals surface area contributed by atoms with Crippen LogP contribution >= 0.6 is 0 Å². The Morgan fingerprint density at radius 3 is 2.24 bits per heavy atom. The van der Waals surface area contributed by atoms with E-state index in [1.165, 1.54) is 32.3 Å². The van der Waals surface area contributed by atoms with Crippen LogP contribution in [0.5, 0.6) is 0 Å². The van der Waals surface area contributed by atoms with Gasteiger partial charge < -0.3 is 5.32 Å². The van der Waals surface area contributed by atoms with E-state index in [9.17, 15) is 13.2 Å². The van der Waals surface area contributed by atoms with Gasteiger partial charge in [0.1, 0.15) is 0 Å². The van der Waals surface area contributed by atoms with Gasteiger partial charge in [-0.05, 0) is 30.8 Å². The quantitative estimate of drug-likeness (QED) is 0.761. The minimum absolute atomic E-state index is 0.192. The monoisotopic (exact) mass is 254 g/mol. The normalized spacial score (nSPS) is 11.6. The maximum Gasteiger partial charge on any atom is 0.243 e. The summed E-state index contributed by atoms with van der Waals surface area (Å²) >= 11 is 0. The number of nitrogens with one attached hydrogen (secondary N) is 2. The van der Waals surface area contributed by atoms with E-state index in [2.05, 4.69) is 10.0 Å². The lowest BCUT2D eigenvalue weighted by Gasteiger charge is -2.02. The first kappa shape index (κ1) is 13.4. The van der Waals surface area contributed by atoms with Crippen LogP contribution in [-0.2, 0) is 14.8 Å². The van der Waals surface area contributed by atoms with Crippen molar-refractivity contribution in [1.29, 1.82) is 0 Å². The average molecular weight is 254 g/mol. The Balaban J connectivity index is 2.90. The molecular weight excluding hydrogens is 240 g/mol. The second-order valence-corrected chi connectivity index (χ2v) is 5.11. The molecule has 1 amide bonds. The number of rotatable bonds is 4. The Bertz CT molecular complexity index is 518. The summed E-state index contributed by atoms with van der Waals surface area (Å²) in [5, 5.41) is 2.45. The average Bonchev–Trinajstić information content (AvgIpc) is 2.36. The standard InChI is InChI=1S/C11H14N2O3S/c1-12-11(14)8-5-9-3-6-10(7-4-9)17(15,16)13-2/h3-8,13H,1-2H3,(H,12,14)/b8-5+. The molecule has 0 aromatic heterocycles. The summed E-state index contributed by atoms with van der Waals surface area (Å²) < 4.78 is 25.1. The highest BCUT2D eigenvalue weighted by atomic mass is 32.2. The van der Waals surface area contributed by atoms with Gasteiger partial charge in [0.2, 0.25) is 15.9 Å². The molecule has 0 unspecified atom stereocenters. The third-order valence-corrected chi connectivity index (χ3v) is 3.56. The highest BCUT2D eigenvalue weighted by Gasteiger charge is 2.09. The second kappa shape index (κ2) is 5.60. The van der Waals surface area contributed by atoms with Gasteiger partial charge in [-0.1, -0.05) is 12.1 Å². The highest BCUT2D eigenvalue weighted by molar-refractivity contribution is 7.89. The fourth-order valence-electron chi connectivity index (χ4n) is 1.13. The second-order valence-electron chi connectivity index (χ2n) is 3.22. The number of hydrogen-bond acceptors (Lipinski definition) is 3. The topological polar surface area (TPSA) is 75.3 Å². The summed E-state index contributed by atoms with van der Waals surface area (Å²) in [6.45, 7) is 0. The summed E-state index contributed by atoms with van der Waals surface area (Å²) in [6, 6.07) is 6.22.